The summed E-state index contributed by atoms with van der Waals surface area (Å²) in [7, 11) is 0. The molecule has 0 bridgehead atoms. The fourth-order valence-corrected chi connectivity index (χ4v) is 3.61. The number of hydrogen-bond acceptors (Lipinski definition) is 8. The Morgan fingerprint density at radius 3 is 1.76 bits per heavy atom. The minimum Gasteiger partial charge on any atom is -0.480 e. The van der Waals surface area contributed by atoms with Gasteiger partial charge in [-0.1, -0.05) is 68.4 Å². The molecule has 1 rings (SSSR count). The standard InChI is InChI=1S/C29H45NO8/c1-15(2)12-24(31)36-14-18(7)25(26(30)27(32)33)21-10-11-22(37-28(34)19(8)16(3)4)23(13-21)38-29(35)20(9)17(5)6/h10-11,13,15-20,25-26H,12,14,30H2,1-9H3,(H,32,33)/t18?,19?,20?,25?,26-/m0/s1. The highest BCUT2D eigenvalue weighted by Gasteiger charge is 2.33. The number of carbonyl (C=O) groups excluding carboxylic acids is 3. The molecule has 9 heteroatoms. The van der Waals surface area contributed by atoms with Crippen LogP contribution in [0.25, 0.3) is 0 Å². The van der Waals surface area contributed by atoms with Gasteiger partial charge >= 0.3 is 23.9 Å². The fourth-order valence-electron chi connectivity index (χ4n) is 3.61. The summed E-state index contributed by atoms with van der Waals surface area (Å²) in [4.78, 5) is 49.5. The molecule has 0 saturated carbocycles. The zero-order valence-corrected chi connectivity index (χ0v) is 24.1. The largest absolute Gasteiger partial charge is 0.480 e. The first-order valence-electron chi connectivity index (χ1n) is 13.3. The predicted octanol–water partition coefficient (Wildman–Crippen LogP) is 4.80. The van der Waals surface area contributed by atoms with Gasteiger partial charge in [-0.3, -0.25) is 19.2 Å². The Bertz CT molecular complexity index is 971. The van der Waals surface area contributed by atoms with E-state index in [-0.39, 0.29) is 48.2 Å². The van der Waals surface area contributed by atoms with Crippen LogP contribution in [-0.2, 0) is 23.9 Å². The van der Waals surface area contributed by atoms with Gasteiger partial charge in [0.05, 0.1) is 18.4 Å². The maximum atomic E-state index is 12.8. The number of carboxylic acid groups (broad SMARTS) is 1. The highest BCUT2D eigenvalue weighted by molar-refractivity contribution is 5.79. The predicted molar refractivity (Wildman–Crippen MR) is 144 cm³/mol. The van der Waals surface area contributed by atoms with Gasteiger partial charge in [0, 0.05) is 12.3 Å². The third-order valence-corrected chi connectivity index (χ3v) is 6.88. The molecule has 9 nitrogen and oxygen atoms in total. The third kappa shape index (κ3) is 9.74. The number of ether oxygens (including phenoxy) is 3. The Labute approximate surface area is 226 Å². The van der Waals surface area contributed by atoms with E-state index < -0.39 is 47.6 Å². The topological polar surface area (TPSA) is 142 Å². The minimum absolute atomic E-state index is 0.00380. The SMILES string of the molecule is CC(C)CC(=O)OCC(C)C(c1ccc(OC(=O)C(C)C(C)C)c(OC(=O)C(C)C(C)C)c1)[C@H](N)C(=O)O. The van der Waals surface area contributed by atoms with Crippen molar-refractivity contribution in [3.05, 3.63) is 23.8 Å². The first kappa shape index (κ1) is 33.1. The summed E-state index contributed by atoms with van der Waals surface area (Å²) in [5.41, 5.74) is 6.53. The second-order valence-corrected chi connectivity index (χ2v) is 11.3. The summed E-state index contributed by atoms with van der Waals surface area (Å²) in [6.07, 6.45) is 0.241. The van der Waals surface area contributed by atoms with Crippen LogP contribution in [0.2, 0.25) is 0 Å². The van der Waals surface area contributed by atoms with E-state index in [9.17, 15) is 24.3 Å². The summed E-state index contributed by atoms with van der Waals surface area (Å²) < 4.78 is 16.7. The van der Waals surface area contributed by atoms with Crippen LogP contribution >= 0.6 is 0 Å². The molecule has 0 amide bonds. The number of nitrogens with two attached hydrogens (primary N) is 1. The Morgan fingerprint density at radius 2 is 1.32 bits per heavy atom. The normalized spacial score (nSPS) is 15.5. The molecule has 0 aromatic heterocycles. The third-order valence-electron chi connectivity index (χ3n) is 6.88. The van der Waals surface area contributed by atoms with Crippen molar-refractivity contribution in [2.45, 2.75) is 80.7 Å². The Kier molecular flexibility index (Phi) is 12.9. The van der Waals surface area contributed by atoms with Gasteiger partial charge in [0.1, 0.15) is 6.04 Å². The maximum absolute atomic E-state index is 12.8. The van der Waals surface area contributed by atoms with Crippen molar-refractivity contribution in [1.29, 1.82) is 0 Å². The number of esters is 3. The maximum Gasteiger partial charge on any atom is 0.321 e. The van der Waals surface area contributed by atoms with Gasteiger partial charge in [-0.2, -0.15) is 0 Å². The van der Waals surface area contributed by atoms with Crippen molar-refractivity contribution < 1.29 is 38.5 Å². The summed E-state index contributed by atoms with van der Waals surface area (Å²) >= 11 is 0. The second kappa shape index (κ2) is 14.9. The van der Waals surface area contributed by atoms with Crippen LogP contribution in [0, 0.1) is 35.5 Å². The number of benzene rings is 1. The van der Waals surface area contributed by atoms with Crippen LogP contribution in [0.5, 0.6) is 11.5 Å². The van der Waals surface area contributed by atoms with Crippen LogP contribution in [0.3, 0.4) is 0 Å². The number of carboxylic acids is 1. The van der Waals surface area contributed by atoms with E-state index in [0.29, 0.717) is 5.56 Å². The van der Waals surface area contributed by atoms with Gasteiger partial charge in [-0.15, -0.1) is 0 Å². The van der Waals surface area contributed by atoms with Crippen molar-refractivity contribution in [3.63, 3.8) is 0 Å². The molecule has 0 aliphatic heterocycles. The summed E-state index contributed by atoms with van der Waals surface area (Å²) in [6, 6.07) is 3.21. The molecule has 0 heterocycles. The molecule has 0 aliphatic rings. The van der Waals surface area contributed by atoms with Crippen molar-refractivity contribution in [1.82, 2.24) is 0 Å². The monoisotopic (exact) mass is 535 g/mol. The van der Waals surface area contributed by atoms with Gasteiger partial charge < -0.3 is 25.1 Å². The summed E-state index contributed by atoms with van der Waals surface area (Å²) in [6.45, 7) is 16.5. The van der Waals surface area contributed by atoms with Crippen molar-refractivity contribution in [3.8, 4) is 11.5 Å². The molecule has 4 unspecified atom stereocenters. The Balaban J connectivity index is 3.45. The van der Waals surface area contributed by atoms with E-state index in [1.807, 2.05) is 41.5 Å². The van der Waals surface area contributed by atoms with Gasteiger partial charge in [-0.05, 0) is 41.4 Å². The smallest absolute Gasteiger partial charge is 0.321 e. The lowest BCUT2D eigenvalue weighted by Gasteiger charge is -2.28. The van der Waals surface area contributed by atoms with Crippen LogP contribution in [0.4, 0.5) is 0 Å². The van der Waals surface area contributed by atoms with Crippen LogP contribution < -0.4 is 15.2 Å². The Morgan fingerprint density at radius 1 is 0.816 bits per heavy atom. The molecular formula is C29H45NO8. The highest BCUT2D eigenvalue weighted by Crippen LogP contribution is 2.37. The average Bonchev–Trinajstić information content (AvgIpc) is 2.82. The van der Waals surface area contributed by atoms with Crippen molar-refractivity contribution >= 4 is 23.9 Å². The van der Waals surface area contributed by atoms with E-state index in [4.69, 9.17) is 19.9 Å². The van der Waals surface area contributed by atoms with E-state index >= 15 is 0 Å². The average molecular weight is 536 g/mol. The molecular weight excluding hydrogens is 490 g/mol. The molecule has 38 heavy (non-hydrogen) atoms. The molecule has 214 valence electrons. The van der Waals surface area contributed by atoms with Crippen molar-refractivity contribution in [2.75, 3.05) is 6.61 Å². The molecule has 1 aromatic rings. The first-order chi connectivity index (χ1) is 17.6. The summed E-state index contributed by atoms with van der Waals surface area (Å²) in [5, 5.41) is 9.71. The summed E-state index contributed by atoms with van der Waals surface area (Å²) in [5.74, 6) is -4.52. The number of carbonyl (C=O) groups is 4. The van der Waals surface area contributed by atoms with Crippen LogP contribution in [-0.4, -0.2) is 41.6 Å². The van der Waals surface area contributed by atoms with E-state index in [1.54, 1.807) is 26.8 Å². The lowest BCUT2D eigenvalue weighted by Crippen LogP contribution is -2.40. The van der Waals surface area contributed by atoms with Gasteiger partial charge in [0.25, 0.3) is 0 Å². The van der Waals surface area contributed by atoms with Crippen LogP contribution in [0.1, 0.15) is 80.2 Å². The van der Waals surface area contributed by atoms with Gasteiger partial charge in [-0.25, -0.2) is 0 Å². The van der Waals surface area contributed by atoms with E-state index in [0.717, 1.165) is 0 Å². The zero-order chi connectivity index (χ0) is 29.3. The number of aliphatic carboxylic acids is 1. The molecule has 0 radical (unpaired) electrons. The van der Waals surface area contributed by atoms with E-state index in [1.165, 1.54) is 12.1 Å². The quantitative estimate of drug-likeness (QED) is 0.254. The molecule has 0 fully saturated rings. The van der Waals surface area contributed by atoms with Gasteiger partial charge in [0.15, 0.2) is 11.5 Å². The fraction of sp³-hybridized carbons (Fsp3) is 0.655. The number of rotatable bonds is 14. The molecule has 0 spiro atoms. The molecule has 0 aliphatic carbocycles. The van der Waals surface area contributed by atoms with Crippen LogP contribution in [0.15, 0.2) is 18.2 Å². The molecule has 5 atom stereocenters. The van der Waals surface area contributed by atoms with E-state index in [2.05, 4.69) is 0 Å². The highest BCUT2D eigenvalue weighted by atomic mass is 16.6. The number of hydrogen-bond donors (Lipinski definition) is 2. The molecule has 0 saturated heterocycles. The lowest BCUT2D eigenvalue weighted by molar-refractivity contribution is -0.146. The zero-order valence-electron chi connectivity index (χ0n) is 24.1. The van der Waals surface area contributed by atoms with Gasteiger partial charge in [0.2, 0.25) is 0 Å². The lowest BCUT2D eigenvalue weighted by atomic mass is 9.82. The minimum atomic E-state index is -1.33. The molecule has 3 N–H and O–H groups in total. The first-order valence-corrected chi connectivity index (χ1v) is 13.3. The second-order valence-electron chi connectivity index (χ2n) is 11.3. The van der Waals surface area contributed by atoms with Crippen molar-refractivity contribution in [2.24, 2.45) is 41.2 Å². The Hall–Kier alpha value is -2.94. The molecule has 1 aromatic carbocycles.